The SMILES string of the molecule is CC(C)C(=O)Oc1ccc2[nH]c(=O)oc2c1. The summed E-state index contributed by atoms with van der Waals surface area (Å²) in [5, 5.41) is 0. The number of ether oxygens (including phenoxy) is 1. The van der Waals surface area contributed by atoms with E-state index < -0.39 is 5.76 Å². The predicted octanol–water partition coefficient (Wildman–Crippen LogP) is 1.68. The first-order valence-corrected chi connectivity index (χ1v) is 4.91. The summed E-state index contributed by atoms with van der Waals surface area (Å²) < 4.78 is 9.93. The Morgan fingerprint density at radius 1 is 1.44 bits per heavy atom. The number of carbonyl (C=O) groups is 1. The molecule has 0 saturated carbocycles. The molecule has 0 amide bonds. The molecule has 0 bridgehead atoms. The molecule has 0 saturated heterocycles. The average molecular weight is 221 g/mol. The Kier molecular flexibility index (Phi) is 2.52. The number of benzene rings is 1. The van der Waals surface area contributed by atoms with Crippen molar-refractivity contribution in [2.24, 2.45) is 5.92 Å². The van der Waals surface area contributed by atoms with Crippen molar-refractivity contribution < 1.29 is 13.9 Å². The van der Waals surface area contributed by atoms with Gasteiger partial charge in [-0.25, -0.2) is 4.79 Å². The van der Waals surface area contributed by atoms with Crippen LogP contribution >= 0.6 is 0 Å². The summed E-state index contributed by atoms with van der Waals surface area (Å²) in [4.78, 5) is 24.7. The first-order chi connectivity index (χ1) is 7.56. The van der Waals surface area contributed by atoms with Crippen LogP contribution in [0.3, 0.4) is 0 Å². The maximum absolute atomic E-state index is 11.3. The molecule has 84 valence electrons. The van der Waals surface area contributed by atoms with Crippen LogP contribution in [0.25, 0.3) is 11.1 Å². The second-order valence-corrected chi connectivity index (χ2v) is 3.75. The van der Waals surface area contributed by atoms with Crippen LogP contribution < -0.4 is 10.5 Å². The lowest BCUT2D eigenvalue weighted by Crippen LogP contribution is -2.14. The van der Waals surface area contributed by atoms with Gasteiger partial charge in [-0.3, -0.25) is 9.78 Å². The van der Waals surface area contributed by atoms with Gasteiger partial charge in [-0.2, -0.15) is 0 Å². The normalized spacial score (nSPS) is 10.9. The third kappa shape index (κ3) is 1.98. The van der Waals surface area contributed by atoms with Gasteiger partial charge in [-0.05, 0) is 12.1 Å². The topological polar surface area (TPSA) is 72.3 Å². The van der Waals surface area contributed by atoms with E-state index in [0.29, 0.717) is 16.8 Å². The molecule has 5 heteroatoms. The number of hydrogen-bond donors (Lipinski definition) is 1. The zero-order valence-electron chi connectivity index (χ0n) is 8.94. The molecule has 5 nitrogen and oxygen atoms in total. The smallest absolute Gasteiger partial charge is 0.417 e. The van der Waals surface area contributed by atoms with Gasteiger partial charge in [0.15, 0.2) is 5.58 Å². The fourth-order valence-electron chi connectivity index (χ4n) is 1.22. The summed E-state index contributed by atoms with van der Waals surface area (Å²) >= 11 is 0. The van der Waals surface area contributed by atoms with E-state index in [2.05, 4.69) is 4.98 Å². The van der Waals surface area contributed by atoms with Crippen LogP contribution in [0, 0.1) is 5.92 Å². The second kappa shape index (κ2) is 3.84. The van der Waals surface area contributed by atoms with Gasteiger partial charge in [-0.1, -0.05) is 13.8 Å². The van der Waals surface area contributed by atoms with Crippen molar-refractivity contribution in [1.29, 1.82) is 0 Å². The number of nitrogens with one attached hydrogen (secondary N) is 1. The molecule has 0 radical (unpaired) electrons. The van der Waals surface area contributed by atoms with Gasteiger partial charge >= 0.3 is 11.7 Å². The van der Waals surface area contributed by atoms with Crippen LogP contribution in [0.15, 0.2) is 27.4 Å². The predicted molar refractivity (Wildman–Crippen MR) is 57.3 cm³/mol. The molecule has 0 fully saturated rings. The number of esters is 1. The van der Waals surface area contributed by atoms with Crippen LogP contribution in [0.1, 0.15) is 13.8 Å². The molecule has 1 heterocycles. The molecule has 0 unspecified atom stereocenters. The van der Waals surface area contributed by atoms with E-state index in [1.807, 2.05) is 0 Å². The van der Waals surface area contributed by atoms with Crippen molar-refractivity contribution in [3.63, 3.8) is 0 Å². The number of aromatic nitrogens is 1. The van der Waals surface area contributed by atoms with Gasteiger partial charge in [0.25, 0.3) is 0 Å². The van der Waals surface area contributed by atoms with Gasteiger partial charge in [-0.15, -0.1) is 0 Å². The highest BCUT2D eigenvalue weighted by Crippen LogP contribution is 2.19. The van der Waals surface area contributed by atoms with Gasteiger partial charge < -0.3 is 9.15 Å². The third-order valence-corrected chi connectivity index (χ3v) is 2.08. The molecule has 0 aliphatic rings. The fraction of sp³-hybridized carbons (Fsp3) is 0.273. The van der Waals surface area contributed by atoms with Crippen molar-refractivity contribution >= 4 is 17.1 Å². The van der Waals surface area contributed by atoms with Crippen LogP contribution in [0.2, 0.25) is 0 Å². The molecule has 0 spiro atoms. The van der Waals surface area contributed by atoms with E-state index in [1.54, 1.807) is 26.0 Å². The molecule has 16 heavy (non-hydrogen) atoms. The second-order valence-electron chi connectivity index (χ2n) is 3.75. The van der Waals surface area contributed by atoms with Gasteiger partial charge in [0.1, 0.15) is 5.75 Å². The number of H-pyrrole nitrogens is 1. The summed E-state index contributed by atoms with van der Waals surface area (Å²) in [6, 6.07) is 4.74. The highest BCUT2D eigenvalue weighted by atomic mass is 16.5. The lowest BCUT2D eigenvalue weighted by molar-refractivity contribution is -0.137. The number of oxazole rings is 1. The molecule has 0 aliphatic heterocycles. The van der Waals surface area contributed by atoms with Gasteiger partial charge in [0.2, 0.25) is 0 Å². The summed E-state index contributed by atoms with van der Waals surface area (Å²) in [6.45, 7) is 3.49. The minimum Gasteiger partial charge on any atom is -0.426 e. The first-order valence-electron chi connectivity index (χ1n) is 4.91. The van der Waals surface area contributed by atoms with E-state index in [4.69, 9.17) is 9.15 Å². The third-order valence-electron chi connectivity index (χ3n) is 2.08. The molecular weight excluding hydrogens is 210 g/mol. The molecule has 0 atom stereocenters. The molecule has 1 aromatic carbocycles. The average Bonchev–Trinajstić information content (AvgIpc) is 2.57. The van der Waals surface area contributed by atoms with Gasteiger partial charge in [0, 0.05) is 6.07 Å². The molecule has 0 aliphatic carbocycles. The maximum Gasteiger partial charge on any atom is 0.417 e. The summed E-state index contributed by atoms with van der Waals surface area (Å²) in [7, 11) is 0. The number of carbonyl (C=O) groups excluding carboxylic acids is 1. The number of hydrogen-bond acceptors (Lipinski definition) is 4. The van der Waals surface area contributed by atoms with Crippen molar-refractivity contribution in [3.8, 4) is 5.75 Å². The van der Waals surface area contributed by atoms with Crippen LogP contribution in [-0.2, 0) is 4.79 Å². The number of aromatic amines is 1. The number of fused-ring (bicyclic) bond motifs is 1. The fourth-order valence-corrected chi connectivity index (χ4v) is 1.22. The quantitative estimate of drug-likeness (QED) is 0.618. The Bertz CT molecular complexity index is 579. The lowest BCUT2D eigenvalue weighted by atomic mass is 10.2. The lowest BCUT2D eigenvalue weighted by Gasteiger charge is -2.05. The minimum absolute atomic E-state index is 0.200. The van der Waals surface area contributed by atoms with Crippen molar-refractivity contribution in [1.82, 2.24) is 4.98 Å². The monoisotopic (exact) mass is 221 g/mol. The van der Waals surface area contributed by atoms with Crippen LogP contribution in [0.4, 0.5) is 0 Å². The highest BCUT2D eigenvalue weighted by molar-refractivity contribution is 5.78. The molecule has 2 aromatic rings. The summed E-state index contributed by atoms with van der Waals surface area (Å²) in [5.74, 6) is -0.678. The summed E-state index contributed by atoms with van der Waals surface area (Å²) in [5.41, 5.74) is 0.952. The molecule has 2 rings (SSSR count). The van der Waals surface area contributed by atoms with E-state index in [1.165, 1.54) is 6.07 Å². The zero-order valence-corrected chi connectivity index (χ0v) is 8.94. The highest BCUT2D eigenvalue weighted by Gasteiger charge is 2.10. The summed E-state index contributed by atoms with van der Waals surface area (Å²) in [6.07, 6.45) is 0. The largest absolute Gasteiger partial charge is 0.426 e. The Morgan fingerprint density at radius 2 is 2.19 bits per heavy atom. The van der Waals surface area contributed by atoms with E-state index >= 15 is 0 Å². The molecule has 1 N–H and O–H groups in total. The van der Waals surface area contributed by atoms with Gasteiger partial charge in [0.05, 0.1) is 11.4 Å². The molecule has 1 aromatic heterocycles. The van der Waals surface area contributed by atoms with Crippen molar-refractivity contribution in [2.75, 3.05) is 0 Å². The first kappa shape index (κ1) is 10.5. The van der Waals surface area contributed by atoms with Crippen molar-refractivity contribution in [2.45, 2.75) is 13.8 Å². The van der Waals surface area contributed by atoms with E-state index in [9.17, 15) is 9.59 Å². The van der Waals surface area contributed by atoms with Crippen LogP contribution in [-0.4, -0.2) is 11.0 Å². The standard InChI is InChI=1S/C11H11NO4/c1-6(2)10(13)15-7-3-4-8-9(5-7)16-11(14)12-8/h3-6H,1-2H3,(H,12,14). The minimum atomic E-state index is -0.526. The Morgan fingerprint density at radius 3 is 2.88 bits per heavy atom. The zero-order chi connectivity index (χ0) is 11.7. The number of rotatable bonds is 2. The maximum atomic E-state index is 11.3. The Balaban J connectivity index is 2.32. The van der Waals surface area contributed by atoms with Crippen molar-refractivity contribution in [3.05, 3.63) is 28.7 Å². The molecular formula is C11H11NO4. The van der Waals surface area contributed by atoms with E-state index in [0.717, 1.165) is 0 Å². The Hall–Kier alpha value is -2.04. The van der Waals surface area contributed by atoms with E-state index in [-0.39, 0.29) is 11.9 Å². The Labute approximate surface area is 91.0 Å². The van der Waals surface area contributed by atoms with Crippen LogP contribution in [0.5, 0.6) is 5.75 Å².